The first-order chi connectivity index (χ1) is 16.0. The Kier molecular flexibility index (Phi) is 6.24. The fourth-order valence-electron chi connectivity index (χ4n) is 10.2. The molecule has 1 aliphatic heterocycles. The van der Waals surface area contributed by atoms with Gasteiger partial charge in [0, 0.05) is 18.8 Å². The molecule has 4 saturated carbocycles. The molecule has 1 spiro atoms. The van der Waals surface area contributed by atoms with Crippen LogP contribution < -0.4 is 0 Å². The second-order valence-corrected chi connectivity index (χ2v) is 14.1. The number of epoxide rings is 1. The molecule has 194 valence electrons. The van der Waals surface area contributed by atoms with E-state index in [0.717, 1.165) is 42.9 Å². The highest BCUT2D eigenvalue weighted by molar-refractivity contribution is 5.66. The van der Waals surface area contributed by atoms with Crippen LogP contribution in [0.15, 0.2) is 0 Å². The molecule has 0 aromatic carbocycles. The maximum atomic E-state index is 12.3. The highest BCUT2D eigenvalue weighted by atomic mass is 16.6. The Labute approximate surface area is 207 Å². The average Bonchev–Trinajstić information content (AvgIpc) is 3.44. The molecule has 1 heterocycles. The summed E-state index contributed by atoms with van der Waals surface area (Å²) in [6.07, 6.45) is 12.6. The van der Waals surface area contributed by atoms with Gasteiger partial charge in [-0.15, -0.1) is 0 Å². The smallest absolute Gasteiger partial charge is 0.302 e. The van der Waals surface area contributed by atoms with Crippen molar-refractivity contribution >= 4 is 5.97 Å². The summed E-state index contributed by atoms with van der Waals surface area (Å²) in [5, 5.41) is 12.3. The molecule has 5 fully saturated rings. The maximum Gasteiger partial charge on any atom is 0.302 e. The van der Waals surface area contributed by atoms with Crippen molar-refractivity contribution < 1.29 is 19.4 Å². The van der Waals surface area contributed by atoms with Crippen molar-refractivity contribution in [2.24, 2.45) is 46.3 Å². The van der Waals surface area contributed by atoms with E-state index in [1.807, 2.05) is 0 Å². The van der Waals surface area contributed by atoms with Crippen LogP contribution in [0.1, 0.15) is 112 Å². The van der Waals surface area contributed by atoms with Gasteiger partial charge < -0.3 is 14.6 Å². The van der Waals surface area contributed by atoms with Gasteiger partial charge >= 0.3 is 5.97 Å². The topological polar surface area (TPSA) is 59.1 Å². The Bertz CT molecular complexity index is 789. The summed E-state index contributed by atoms with van der Waals surface area (Å²) >= 11 is 0. The van der Waals surface area contributed by atoms with Crippen molar-refractivity contribution in [2.75, 3.05) is 6.61 Å². The molecule has 0 aromatic heterocycles. The molecule has 0 radical (unpaired) electrons. The quantitative estimate of drug-likeness (QED) is 0.351. The molecular formula is C30H50O4. The third-order valence-electron chi connectivity index (χ3n) is 12.1. The fraction of sp³-hybridized carbons (Fsp3) is 0.967. The minimum atomic E-state index is -0.880. The van der Waals surface area contributed by atoms with Crippen LogP contribution in [0.4, 0.5) is 0 Å². The number of rotatable bonds is 6. The number of fused-ring (bicyclic) bond motifs is 6. The molecule has 4 nitrogen and oxygen atoms in total. The van der Waals surface area contributed by atoms with Gasteiger partial charge in [0.1, 0.15) is 17.3 Å². The summed E-state index contributed by atoms with van der Waals surface area (Å²) in [6, 6.07) is 0. The van der Waals surface area contributed by atoms with Crippen molar-refractivity contribution in [3.05, 3.63) is 0 Å². The van der Waals surface area contributed by atoms with E-state index in [-0.39, 0.29) is 17.5 Å². The number of hydrogen-bond donors (Lipinski definition) is 1. The summed E-state index contributed by atoms with van der Waals surface area (Å²) in [5.74, 6) is 4.20. The highest BCUT2D eigenvalue weighted by Gasteiger charge is 2.77. The highest BCUT2D eigenvalue weighted by Crippen LogP contribution is 2.73. The van der Waals surface area contributed by atoms with Gasteiger partial charge in [-0.25, -0.2) is 0 Å². The van der Waals surface area contributed by atoms with E-state index < -0.39 is 11.2 Å². The SMILES string of the molecule is CC(=O)O[C@H]1CC[C@]2(C)[C@H]3CC[C@]4(C)[C@@H]([C@H](C)CCCC(C)C)CC[C@H]4[C@@H]3C[C@@]3(CO3)[C@@]2(O)C1. The van der Waals surface area contributed by atoms with Crippen molar-refractivity contribution in [1.29, 1.82) is 0 Å². The first kappa shape index (κ1) is 25.1. The normalized spacial score (nSPS) is 50.4. The lowest BCUT2D eigenvalue weighted by atomic mass is 9.40. The van der Waals surface area contributed by atoms with E-state index in [2.05, 4.69) is 34.6 Å². The molecular weight excluding hydrogens is 424 g/mol. The summed E-state index contributed by atoms with van der Waals surface area (Å²) in [4.78, 5) is 11.7. The van der Waals surface area contributed by atoms with Crippen molar-refractivity contribution in [1.82, 2.24) is 0 Å². The van der Waals surface area contributed by atoms with Gasteiger partial charge in [0.05, 0.1) is 6.61 Å². The second kappa shape index (κ2) is 8.47. The third-order valence-corrected chi connectivity index (χ3v) is 12.1. The van der Waals surface area contributed by atoms with E-state index in [4.69, 9.17) is 9.47 Å². The van der Waals surface area contributed by atoms with E-state index in [0.29, 0.717) is 30.3 Å². The zero-order valence-corrected chi connectivity index (χ0v) is 22.7. The van der Waals surface area contributed by atoms with E-state index in [9.17, 15) is 9.90 Å². The second-order valence-electron chi connectivity index (χ2n) is 14.1. The van der Waals surface area contributed by atoms with Gasteiger partial charge in [-0.1, -0.05) is 53.9 Å². The zero-order chi connectivity index (χ0) is 24.5. The lowest BCUT2D eigenvalue weighted by Crippen LogP contribution is -2.70. The number of aliphatic hydroxyl groups is 1. The van der Waals surface area contributed by atoms with Crippen LogP contribution in [0.3, 0.4) is 0 Å². The van der Waals surface area contributed by atoms with Gasteiger partial charge in [-0.05, 0) is 85.9 Å². The molecule has 0 amide bonds. The van der Waals surface area contributed by atoms with Gasteiger partial charge in [0.25, 0.3) is 0 Å². The number of carbonyl (C=O) groups is 1. The lowest BCUT2D eigenvalue weighted by molar-refractivity contribution is -0.255. The molecule has 0 unspecified atom stereocenters. The zero-order valence-electron chi connectivity index (χ0n) is 22.7. The Hall–Kier alpha value is -0.610. The van der Waals surface area contributed by atoms with Gasteiger partial charge in [0.15, 0.2) is 0 Å². The molecule has 34 heavy (non-hydrogen) atoms. The van der Waals surface area contributed by atoms with Crippen LogP contribution in [0, 0.1) is 46.3 Å². The van der Waals surface area contributed by atoms with Gasteiger partial charge in [-0.2, -0.15) is 0 Å². The molecule has 0 aromatic rings. The van der Waals surface area contributed by atoms with Crippen molar-refractivity contribution in [3.63, 3.8) is 0 Å². The predicted molar refractivity (Wildman–Crippen MR) is 134 cm³/mol. The van der Waals surface area contributed by atoms with Crippen LogP contribution in [-0.2, 0) is 14.3 Å². The predicted octanol–water partition coefficient (Wildman–Crippen LogP) is 6.53. The van der Waals surface area contributed by atoms with E-state index in [1.165, 1.54) is 51.9 Å². The van der Waals surface area contributed by atoms with Gasteiger partial charge in [0.2, 0.25) is 0 Å². The van der Waals surface area contributed by atoms with E-state index in [1.54, 1.807) is 0 Å². The minimum Gasteiger partial charge on any atom is -0.462 e. The number of hydrogen-bond acceptors (Lipinski definition) is 4. The monoisotopic (exact) mass is 474 g/mol. The number of esters is 1. The first-order valence-corrected chi connectivity index (χ1v) is 14.5. The molecule has 4 heteroatoms. The van der Waals surface area contributed by atoms with Crippen LogP contribution in [0.2, 0.25) is 0 Å². The minimum absolute atomic E-state index is 0.147. The molecule has 1 N–H and O–H groups in total. The first-order valence-electron chi connectivity index (χ1n) is 14.5. The fourth-order valence-corrected chi connectivity index (χ4v) is 10.2. The van der Waals surface area contributed by atoms with E-state index >= 15 is 0 Å². The Morgan fingerprint density at radius 3 is 2.41 bits per heavy atom. The molecule has 5 aliphatic rings. The average molecular weight is 475 g/mol. The largest absolute Gasteiger partial charge is 0.462 e. The summed E-state index contributed by atoms with van der Waals surface area (Å²) in [6.45, 7) is 14.4. The molecule has 0 bridgehead atoms. The standard InChI is InChI=1S/C30H50O4/c1-19(2)8-7-9-20(3)24-10-11-25-23-17-29(18-33-29)30(32)16-22(34-21(4)31)12-15-28(30,6)26(23)13-14-27(24,25)5/h19-20,22-26,32H,7-18H2,1-6H3/t20-,22+,23+,24-,25+,26+,27-,28-,29-,30-/m1/s1. The third kappa shape index (κ3) is 3.63. The van der Waals surface area contributed by atoms with Crippen LogP contribution >= 0.6 is 0 Å². The number of carbonyl (C=O) groups excluding carboxylic acids is 1. The molecule has 1 saturated heterocycles. The summed E-state index contributed by atoms with van der Waals surface area (Å²) in [7, 11) is 0. The summed E-state index contributed by atoms with van der Waals surface area (Å²) < 4.78 is 11.8. The van der Waals surface area contributed by atoms with Crippen molar-refractivity contribution in [2.45, 2.75) is 129 Å². The summed E-state index contributed by atoms with van der Waals surface area (Å²) in [5.41, 5.74) is -1.00. The Balaban J connectivity index is 1.37. The van der Waals surface area contributed by atoms with Gasteiger partial charge in [-0.3, -0.25) is 4.79 Å². The lowest BCUT2D eigenvalue weighted by Gasteiger charge is -2.66. The van der Waals surface area contributed by atoms with Crippen molar-refractivity contribution in [3.8, 4) is 0 Å². The molecule has 4 aliphatic carbocycles. The molecule has 5 rings (SSSR count). The van der Waals surface area contributed by atoms with Crippen LogP contribution in [0.5, 0.6) is 0 Å². The van der Waals surface area contributed by atoms with Crippen LogP contribution in [-0.4, -0.2) is 35.0 Å². The van der Waals surface area contributed by atoms with Crippen LogP contribution in [0.25, 0.3) is 0 Å². The number of ether oxygens (including phenoxy) is 2. The Morgan fingerprint density at radius 1 is 1.03 bits per heavy atom. The maximum absolute atomic E-state index is 12.3. The Morgan fingerprint density at radius 2 is 1.76 bits per heavy atom. The molecule has 10 atom stereocenters.